The Balaban J connectivity index is 3.10. The maximum absolute atomic E-state index is 13.0. The lowest BCUT2D eigenvalue weighted by atomic mass is 10.4. The molecule has 0 saturated heterocycles. The van der Waals surface area contributed by atoms with Gasteiger partial charge in [0.25, 0.3) is 0 Å². The lowest BCUT2D eigenvalue weighted by Gasteiger charge is -2.26. The third kappa shape index (κ3) is 5.69. The van der Waals surface area contributed by atoms with Crippen LogP contribution in [0.1, 0.15) is 27.7 Å². The molecule has 21 heavy (non-hydrogen) atoms. The van der Waals surface area contributed by atoms with E-state index in [1.54, 1.807) is 58.0 Å². The van der Waals surface area contributed by atoms with Crippen molar-refractivity contribution in [2.45, 2.75) is 39.9 Å². The van der Waals surface area contributed by atoms with E-state index in [-0.39, 0.29) is 18.1 Å². The smallest absolute Gasteiger partial charge is 0.338 e. The molecular formula is C14H24O5P2. The van der Waals surface area contributed by atoms with Gasteiger partial charge in [0.2, 0.25) is 0 Å². The molecule has 0 amide bonds. The summed E-state index contributed by atoms with van der Waals surface area (Å²) in [5.41, 5.74) is 0. The standard InChI is InChI=1S/C14H24O5P2/c1-12(2)18-21(17,19-13(3)4)11-20(16,10-15)14-8-6-5-7-9-14/h5-9,12-13,15H,10-11H2,1-4H3. The van der Waals surface area contributed by atoms with Gasteiger partial charge in [0.05, 0.1) is 12.2 Å². The summed E-state index contributed by atoms with van der Waals surface area (Å²) in [6.07, 6.45) is -1.21. The van der Waals surface area contributed by atoms with Crippen molar-refractivity contribution >= 4 is 20.0 Å². The Kier molecular flexibility index (Phi) is 6.83. The van der Waals surface area contributed by atoms with Gasteiger partial charge in [-0.05, 0) is 27.7 Å². The molecule has 1 N–H and O–H groups in total. The summed E-state index contributed by atoms with van der Waals surface area (Å²) in [5, 5.41) is 10.1. The number of hydrogen-bond acceptors (Lipinski definition) is 5. The number of hydrogen-bond donors (Lipinski definition) is 1. The minimum Gasteiger partial charge on any atom is -0.388 e. The summed E-state index contributed by atoms with van der Waals surface area (Å²) >= 11 is 0. The lowest BCUT2D eigenvalue weighted by Crippen LogP contribution is -2.16. The molecule has 1 aromatic carbocycles. The number of rotatable bonds is 8. The molecule has 1 unspecified atom stereocenters. The molecule has 0 aliphatic rings. The van der Waals surface area contributed by atoms with Crippen molar-refractivity contribution in [2.24, 2.45) is 0 Å². The van der Waals surface area contributed by atoms with Crippen molar-refractivity contribution in [3.63, 3.8) is 0 Å². The Morgan fingerprint density at radius 1 is 1.00 bits per heavy atom. The van der Waals surface area contributed by atoms with Gasteiger partial charge in [0, 0.05) is 5.30 Å². The van der Waals surface area contributed by atoms with E-state index in [0.29, 0.717) is 5.30 Å². The van der Waals surface area contributed by atoms with E-state index in [2.05, 4.69) is 0 Å². The Morgan fingerprint density at radius 3 is 1.86 bits per heavy atom. The number of aliphatic hydroxyl groups excluding tert-OH is 1. The van der Waals surface area contributed by atoms with Gasteiger partial charge in [-0.1, -0.05) is 30.3 Å². The first-order valence-electron chi connectivity index (χ1n) is 6.91. The summed E-state index contributed by atoms with van der Waals surface area (Å²) in [5.74, 6) is -0.295. The molecule has 120 valence electrons. The maximum Gasteiger partial charge on any atom is 0.338 e. The minimum absolute atomic E-state index is 0.295. The molecule has 7 heteroatoms. The Labute approximate surface area is 126 Å². The molecule has 1 atom stereocenters. The van der Waals surface area contributed by atoms with E-state index in [0.717, 1.165) is 0 Å². The van der Waals surface area contributed by atoms with Crippen LogP contribution in [0.3, 0.4) is 0 Å². The van der Waals surface area contributed by atoms with Crippen LogP contribution in [0.15, 0.2) is 30.3 Å². The van der Waals surface area contributed by atoms with Crippen LogP contribution in [-0.4, -0.2) is 29.6 Å². The first-order chi connectivity index (χ1) is 9.71. The zero-order chi connectivity index (χ0) is 16.1. The molecule has 0 spiro atoms. The zero-order valence-corrected chi connectivity index (χ0v) is 14.7. The van der Waals surface area contributed by atoms with Crippen molar-refractivity contribution in [2.75, 3.05) is 12.3 Å². The molecule has 5 nitrogen and oxygen atoms in total. The molecular weight excluding hydrogens is 310 g/mol. The quantitative estimate of drug-likeness (QED) is 0.735. The lowest BCUT2D eigenvalue weighted by molar-refractivity contribution is 0.145. The van der Waals surface area contributed by atoms with Crippen LogP contribution in [0.25, 0.3) is 0 Å². The van der Waals surface area contributed by atoms with Gasteiger partial charge in [0.15, 0.2) is 7.14 Å². The molecule has 0 aliphatic heterocycles. The first-order valence-corrected chi connectivity index (χ1v) is 10.7. The Morgan fingerprint density at radius 2 is 1.48 bits per heavy atom. The van der Waals surface area contributed by atoms with Crippen molar-refractivity contribution in [3.8, 4) is 0 Å². The Hall–Kier alpha value is -0.440. The van der Waals surface area contributed by atoms with Crippen LogP contribution in [0.2, 0.25) is 0 Å². The highest BCUT2D eigenvalue weighted by molar-refractivity contribution is 7.81. The molecule has 1 rings (SSSR count). The summed E-state index contributed by atoms with van der Waals surface area (Å²) in [7, 11) is -6.80. The number of benzene rings is 1. The number of aliphatic hydroxyl groups is 1. The van der Waals surface area contributed by atoms with Crippen molar-refractivity contribution in [3.05, 3.63) is 30.3 Å². The summed E-state index contributed by atoms with van der Waals surface area (Å²) in [4.78, 5) is 0. The molecule has 1 aromatic rings. The van der Waals surface area contributed by atoms with Crippen LogP contribution >= 0.6 is 14.7 Å². The van der Waals surface area contributed by atoms with Gasteiger partial charge in [-0.3, -0.25) is 4.57 Å². The summed E-state index contributed by atoms with van der Waals surface area (Å²) in [6.45, 7) is 6.96. The van der Waals surface area contributed by atoms with Crippen LogP contribution < -0.4 is 5.30 Å². The average molecular weight is 334 g/mol. The van der Waals surface area contributed by atoms with Crippen molar-refractivity contribution in [1.29, 1.82) is 0 Å². The Bertz CT molecular complexity index is 513. The first kappa shape index (κ1) is 18.6. The zero-order valence-electron chi connectivity index (χ0n) is 12.9. The largest absolute Gasteiger partial charge is 0.388 e. The van der Waals surface area contributed by atoms with Crippen molar-refractivity contribution < 1.29 is 23.3 Å². The second kappa shape index (κ2) is 7.71. The van der Waals surface area contributed by atoms with Gasteiger partial charge in [-0.2, -0.15) is 0 Å². The van der Waals surface area contributed by atoms with Gasteiger partial charge < -0.3 is 18.7 Å². The molecule has 0 saturated carbocycles. The van der Waals surface area contributed by atoms with E-state index in [1.165, 1.54) is 0 Å². The van der Waals surface area contributed by atoms with Crippen LogP contribution in [-0.2, 0) is 18.2 Å². The van der Waals surface area contributed by atoms with Crippen LogP contribution in [0.4, 0.5) is 0 Å². The second-order valence-electron chi connectivity index (χ2n) is 5.43. The minimum atomic E-state index is -3.56. The average Bonchev–Trinajstić information content (AvgIpc) is 2.37. The normalized spacial score (nSPS) is 15.4. The predicted octanol–water partition coefficient (Wildman–Crippen LogP) is 3.63. The highest BCUT2D eigenvalue weighted by Crippen LogP contribution is 2.62. The molecule has 0 aromatic heterocycles. The van der Waals surface area contributed by atoms with E-state index in [9.17, 15) is 14.2 Å². The summed E-state index contributed by atoms with van der Waals surface area (Å²) in [6, 6.07) is 8.57. The SMILES string of the molecule is CC(C)OP(=O)(CP(=O)(CO)c1ccccc1)OC(C)C. The fraction of sp³-hybridized carbons (Fsp3) is 0.571. The van der Waals surface area contributed by atoms with Crippen LogP contribution in [0, 0.1) is 0 Å². The third-order valence-electron chi connectivity index (χ3n) is 2.60. The fourth-order valence-electron chi connectivity index (χ4n) is 1.92. The van der Waals surface area contributed by atoms with E-state index >= 15 is 0 Å². The molecule has 0 aliphatic carbocycles. The highest BCUT2D eigenvalue weighted by atomic mass is 31.2. The topological polar surface area (TPSA) is 72.8 Å². The van der Waals surface area contributed by atoms with Crippen molar-refractivity contribution in [1.82, 2.24) is 0 Å². The molecule has 0 fully saturated rings. The van der Waals surface area contributed by atoms with Gasteiger partial charge in [0.1, 0.15) is 12.3 Å². The van der Waals surface area contributed by atoms with Gasteiger partial charge in [-0.15, -0.1) is 0 Å². The maximum atomic E-state index is 13.0. The molecule has 0 heterocycles. The monoisotopic (exact) mass is 334 g/mol. The molecule has 0 bridgehead atoms. The van der Waals surface area contributed by atoms with Gasteiger partial charge >= 0.3 is 7.60 Å². The predicted molar refractivity (Wildman–Crippen MR) is 85.7 cm³/mol. The third-order valence-corrected chi connectivity index (χ3v) is 8.99. The second-order valence-corrected chi connectivity index (χ2v) is 10.8. The van der Waals surface area contributed by atoms with E-state index < -0.39 is 21.1 Å². The summed E-state index contributed by atoms with van der Waals surface area (Å²) < 4.78 is 36.7. The highest BCUT2D eigenvalue weighted by Gasteiger charge is 2.38. The molecule has 0 radical (unpaired) electrons. The van der Waals surface area contributed by atoms with Crippen LogP contribution in [0.5, 0.6) is 0 Å². The van der Waals surface area contributed by atoms with E-state index in [4.69, 9.17) is 9.05 Å². The van der Waals surface area contributed by atoms with E-state index in [1.807, 2.05) is 0 Å². The fourth-order valence-corrected chi connectivity index (χ4v) is 7.92. The van der Waals surface area contributed by atoms with Gasteiger partial charge in [-0.25, -0.2) is 0 Å².